The first kappa shape index (κ1) is 12.2. The van der Waals surface area contributed by atoms with Gasteiger partial charge in [-0.3, -0.25) is 0 Å². The highest BCUT2D eigenvalue weighted by molar-refractivity contribution is 5.89. The van der Waals surface area contributed by atoms with Gasteiger partial charge in [0.2, 0.25) is 0 Å². The number of ether oxygens (including phenoxy) is 2. The van der Waals surface area contributed by atoms with Crippen LogP contribution in [0.1, 0.15) is 10.4 Å². The lowest BCUT2D eigenvalue weighted by Crippen LogP contribution is -2.12. The van der Waals surface area contributed by atoms with Crippen molar-refractivity contribution in [3.8, 4) is 5.75 Å². The minimum Gasteiger partial charge on any atom is -0.490 e. The maximum atomic E-state index is 11.6. The van der Waals surface area contributed by atoms with Crippen LogP contribution in [-0.4, -0.2) is 19.2 Å². The topological polar surface area (TPSA) is 35.5 Å². The summed E-state index contributed by atoms with van der Waals surface area (Å²) in [6.45, 7) is 0.570. The second kappa shape index (κ2) is 6.45. The molecule has 0 unspecified atom stereocenters. The molecule has 0 heterocycles. The maximum Gasteiger partial charge on any atom is 0.338 e. The number of carbonyl (C=O) groups is 1. The van der Waals surface area contributed by atoms with Crippen molar-refractivity contribution in [3.63, 3.8) is 0 Å². The molecular formula is C15H13O3. The van der Waals surface area contributed by atoms with Crippen molar-refractivity contribution < 1.29 is 14.3 Å². The third-order valence-electron chi connectivity index (χ3n) is 2.28. The lowest BCUT2D eigenvalue weighted by atomic mass is 10.2. The Labute approximate surface area is 106 Å². The molecule has 0 aromatic heterocycles. The second-order valence-corrected chi connectivity index (χ2v) is 3.59. The van der Waals surface area contributed by atoms with E-state index >= 15 is 0 Å². The van der Waals surface area contributed by atoms with Crippen molar-refractivity contribution in [1.82, 2.24) is 0 Å². The van der Waals surface area contributed by atoms with Gasteiger partial charge < -0.3 is 9.47 Å². The van der Waals surface area contributed by atoms with Crippen molar-refractivity contribution in [2.24, 2.45) is 0 Å². The van der Waals surface area contributed by atoms with Crippen molar-refractivity contribution in [3.05, 3.63) is 66.2 Å². The molecule has 0 aliphatic rings. The van der Waals surface area contributed by atoms with Crippen LogP contribution in [0.4, 0.5) is 0 Å². The molecule has 2 aromatic rings. The Morgan fingerprint density at radius 2 is 1.72 bits per heavy atom. The van der Waals surface area contributed by atoms with Crippen LogP contribution in [0.3, 0.4) is 0 Å². The first-order chi connectivity index (χ1) is 8.86. The Kier molecular flexibility index (Phi) is 4.36. The first-order valence-corrected chi connectivity index (χ1v) is 5.67. The van der Waals surface area contributed by atoms with E-state index in [1.54, 1.807) is 24.3 Å². The van der Waals surface area contributed by atoms with E-state index in [2.05, 4.69) is 6.07 Å². The number of benzene rings is 2. The van der Waals surface area contributed by atoms with Crippen LogP contribution < -0.4 is 4.74 Å². The lowest BCUT2D eigenvalue weighted by Gasteiger charge is -2.07. The van der Waals surface area contributed by atoms with E-state index in [-0.39, 0.29) is 12.6 Å². The minimum atomic E-state index is -0.347. The molecule has 18 heavy (non-hydrogen) atoms. The molecule has 0 amide bonds. The molecule has 2 rings (SSSR count). The van der Waals surface area contributed by atoms with E-state index in [0.717, 1.165) is 5.75 Å². The van der Waals surface area contributed by atoms with Crippen molar-refractivity contribution >= 4 is 5.97 Å². The van der Waals surface area contributed by atoms with Crippen LogP contribution in [0, 0.1) is 6.07 Å². The van der Waals surface area contributed by atoms with Gasteiger partial charge in [0, 0.05) is 0 Å². The van der Waals surface area contributed by atoms with Gasteiger partial charge in [0.05, 0.1) is 5.56 Å². The number of hydrogen-bond donors (Lipinski definition) is 0. The van der Waals surface area contributed by atoms with Crippen LogP contribution in [-0.2, 0) is 4.74 Å². The van der Waals surface area contributed by atoms with E-state index in [4.69, 9.17) is 9.47 Å². The predicted molar refractivity (Wildman–Crippen MR) is 67.5 cm³/mol. The molecule has 0 N–H and O–H groups in total. The van der Waals surface area contributed by atoms with Crippen LogP contribution in [0.25, 0.3) is 0 Å². The predicted octanol–water partition coefficient (Wildman–Crippen LogP) is 2.72. The summed E-state index contributed by atoms with van der Waals surface area (Å²) >= 11 is 0. The molecule has 0 saturated carbocycles. The number of carbonyl (C=O) groups excluding carboxylic acids is 1. The second-order valence-electron chi connectivity index (χ2n) is 3.59. The van der Waals surface area contributed by atoms with Gasteiger partial charge in [-0.15, -0.1) is 0 Å². The van der Waals surface area contributed by atoms with Crippen LogP contribution in [0.2, 0.25) is 0 Å². The molecule has 3 nitrogen and oxygen atoms in total. The van der Waals surface area contributed by atoms with Gasteiger partial charge in [0.1, 0.15) is 19.0 Å². The van der Waals surface area contributed by atoms with Gasteiger partial charge in [0.15, 0.2) is 0 Å². The summed E-state index contributed by atoms with van der Waals surface area (Å²) in [6, 6.07) is 18.9. The molecule has 3 heteroatoms. The maximum absolute atomic E-state index is 11.6. The van der Waals surface area contributed by atoms with Crippen molar-refractivity contribution in [2.45, 2.75) is 0 Å². The Bertz CT molecular complexity index is 480. The first-order valence-electron chi connectivity index (χ1n) is 5.67. The average molecular weight is 241 g/mol. The van der Waals surface area contributed by atoms with Crippen LogP contribution in [0.5, 0.6) is 5.75 Å². The molecule has 0 saturated heterocycles. The number of hydrogen-bond acceptors (Lipinski definition) is 3. The van der Waals surface area contributed by atoms with Crippen LogP contribution >= 0.6 is 0 Å². The van der Waals surface area contributed by atoms with E-state index in [1.807, 2.05) is 30.3 Å². The third-order valence-corrected chi connectivity index (χ3v) is 2.28. The highest BCUT2D eigenvalue weighted by Crippen LogP contribution is 2.08. The molecule has 0 fully saturated rings. The molecule has 0 spiro atoms. The van der Waals surface area contributed by atoms with E-state index in [1.165, 1.54) is 0 Å². The van der Waals surface area contributed by atoms with Crippen molar-refractivity contribution in [2.75, 3.05) is 13.2 Å². The SMILES string of the molecule is O=C(OCCOc1ccccc1)c1cc[c]cc1. The number of rotatable bonds is 5. The molecule has 0 aliphatic carbocycles. The zero-order valence-corrected chi connectivity index (χ0v) is 9.84. The summed E-state index contributed by atoms with van der Waals surface area (Å²) < 4.78 is 10.5. The summed E-state index contributed by atoms with van der Waals surface area (Å²) in [5.41, 5.74) is 0.522. The standard InChI is InChI=1S/C15H13O3/c16-15(13-7-3-1-4-8-13)18-12-11-17-14-9-5-2-6-10-14/h2-10H,11-12H2. The molecular weight excluding hydrogens is 228 g/mol. The minimum absolute atomic E-state index is 0.229. The smallest absolute Gasteiger partial charge is 0.338 e. The van der Waals surface area contributed by atoms with Gasteiger partial charge in [0.25, 0.3) is 0 Å². The Balaban J connectivity index is 1.72. The number of para-hydroxylation sites is 1. The zero-order valence-electron chi connectivity index (χ0n) is 9.84. The average Bonchev–Trinajstić information content (AvgIpc) is 2.45. The molecule has 2 aromatic carbocycles. The summed E-state index contributed by atoms with van der Waals surface area (Å²) in [5.74, 6) is 0.420. The summed E-state index contributed by atoms with van der Waals surface area (Å²) in [5, 5.41) is 0. The van der Waals surface area contributed by atoms with E-state index in [9.17, 15) is 4.79 Å². The fourth-order valence-corrected chi connectivity index (χ4v) is 1.42. The van der Waals surface area contributed by atoms with Gasteiger partial charge in [-0.2, -0.15) is 0 Å². The van der Waals surface area contributed by atoms with Crippen LogP contribution in [0.15, 0.2) is 54.6 Å². The molecule has 0 atom stereocenters. The molecule has 0 bridgehead atoms. The van der Waals surface area contributed by atoms with Gasteiger partial charge in [-0.1, -0.05) is 30.3 Å². The lowest BCUT2D eigenvalue weighted by molar-refractivity contribution is 0.0450. The van der Waals surface area contributed by atoms with Gasteiger partial charge in [-0.05, 0) is 30.3 Å². The zero-order chi connectivity index (χ0) is 12.6. The summed E-state index contributed by atoms with van der Waals surface area (Å²) in [7, 11) is 0. The Morgan fingerprint density at radius 1 is 1.00 bits per heavy atom. The quantitative estimate of drug-likeness (QED) is 0.596. The summed E-state index contributed by atoms with van der Waals surface area (Å²) in [4.78, 5) is 11.6. The Morgan fingerprint density at radius 3 is 2.44 bits per heavy atom. The third kappa shape index (κ3) is 3.63. The molecule has 0 aliphatic heterocycles. The highest BCUT2D eigenvalue weighted by atomic mass is 16.6. The summed E-state index contributed by atoms with van der Waals surface area (Å²) in [6.07, 6.45) is 0. The number of esters is 1. The van der Waals surface area contributed by atoms with Gasteiger partial charge in [-0.25, -0.2) is 4.79 Å². The normalized spacial score (nSPS) is 9.78. The molecule has 1 radical (unpaired) electrons. The Hall–Kier alpha value is -2.29. The van der Waals surface area contributed by atoms with Gasteiger partial charge >= 0.3 is 5.97 Å². The fourth-order valence-electron chi connectivity index (χ4n) is 1.42. The monoisotopic (exact) mass is 241 g/mol. The largest absolute Gasteiger partial charge is 0.490 e. The van der Waals surface area contributed by atoms with E-state index in [0.29, 0.717) is 12.2 Å². The molecule has 91 valence electrons. The van der Waals surface area contributed by atoms with E-state index < -0.39 is 0 Å². The van der Waals surface area contributed by atoms with Crippen molar-refractivity contribution in [1.29, 1.82) is 0 Å². The fraction of sp³-hybridized carbons (Fsp3) is 0.133. The highest BCUT2D eigenvalue weighted by Gasteiger charge is 2.05.